The summed E-state index contributed by atoms with van der Waals surface area (Å²) >= 11 is 1.64. The lowest BCUT2D eigenvalue weighted by atomic mass is 10.1. The number of nitrogens with two attached hydrogens (primary N) is 1. The second-order valence-electron chi connectivity index (χ2n) is 3.33. The normalized spacial score (nSPS) is 13.3. The van der Waals surface area contributed by atoms with Crippen LogP contribution in [-0.2, 0) is 6.42 Å². The molecule has 3 nitrogen and oxygen atoms in total. The van der Waals surface area contributed by atoms with Crippen LogP contribution < -0.4 is 5.73 Å². The van der Waals surface area contributed by atoms with Crippen molar-refractivity contribution in [1.82, 2.24) is 9.97 Å². The monoisotopic (exact) mass is 207 g/mol. The van der Waals surface area contributed by atoms with E-state index in [0.29, 0.717) is 0 Å². The fourth-order valence-corrected chi connectivity index (χ4v) is 2.15. The van der Waals surface area contributed by atoms with E-state index in [0.717, 1.165) is 28.8 Å². The molecule has 0 aliphatic carbocycles. The fraction of sp³-hybridized carbons (Fsp3) is 0.400. The lowest BCUT2D eigenvalue weighted by Gasteiger charge is -2.07. The van der Waals surface area contributed by atoms with Crippen LogP contribution in [0, 0.1) is 0 Å². The molecule has 74 valence electrons. The molecular formula is C10H13N3S. The minimum atomic E-state index is 0.202. The van der Waals surface area contributed by atoms with Crippen molar-refractivity contribution in [3.63, 3.8) is 0 Å². The molecule has 1 unspecified atom stereocenters. The van der Waals surface area contributed by atoms with Gasteiger partial charge in [-0.05, 0) is 17.9 Å². The first-order valence-electron chi connectivity index (χ1n) is 4.74. The summed E-state index contributed by atoms with van der Waals surface area (Å²) in [4.78, 5) is 9.54. The Morgan fingerprint density at radius 3 is 3.14 bits per heavy atom. The Labute approximate surface area is 87.0 Å². The van der Waals surface area contributed by atoms with Gasteiger partial charge in [-0.3, -0.25) is 0 Å². The third kappa shape index (κ3) is 1.76. The third-order valence-corrected chi connectivity index (χ3v) is 3.14. The van der Waals surface area contributed by atoms with Gasteiger partial charge in [0.25, 0.3) is 0 Å². The second-order valence-corrected chi connectivity index (χ2v) is 4.23. The maximum Gasteiger partial charge on any atom is 0.126 e. The first-order chi connectivity index (χ1) is 6.81. The largest absolute Gasteiger partial charge is 0.327 e. The molecule has 2 aromatic rings. The van der Waals surface area contributed by atoms with Crippen molar-refractivity contribution in [2.75, 3.05) is 0 Å². The Morgan fingerprint density at radius 1 is 1.50 bits per heavy atom. The highest BCUT2D eigenvalue weighted by Gasteiger charge is 2.07. The summed E-state index contributed by atoms with van der Waals surface area (Å²) in [5.41, 5.74) is 6.98. The number of rotatable bonds is 3. The highest BCUT2D eigenvalue weighted by molar-refractivity contribution is 7.16. The van der Waals surface area contributed by atoms with Crippen molar-refractivity contribution < 1.29 is 0 Å². The Bertz CT molecular complexity index is 424. The summed E-state index contributed by atoms with van der Waals surface area (Å²) in [6.45, 7) is 2.09. The van der Waals surface area contributed by atoms with Crippen molar-refractivity contribution in [3.8, 4) is 0 Å². The van der Waals surface area contributed by atoms with Crippen molar-refractivity contribution in [2.45, 2.75) is 25.8 Å². The van der Waals surface area contributed by atoms with Gasteiger partial charge < -0.3 is 5.73 Å². The number of hydrogen-bond acceptors (Lipinski definition) is 4. The van der Waals surface area contributed by atoms with E-state index in [1.165, 1.54) is 0 Å². The molecular weight excluding hydrogens is 194 g/mol. The molecule has 0 saturated heterocycles. The maximum atomic E-state index is 5.91. The fourth-order valence-electron chi connectivity index (χ4n) is 1.40. The summed E-state index contributed by atoms with van der Waals surface area (Å²) in [5, 5.41) is 3.20. The predicted molar refractivity (Wildman–Crippen MR) is 59.4 cm³/mol. The van der Waals surface area contributed by atoms with Crippen LogP contribution in [0.15, 0.2) is 17.8 Å². The maximum absolute atomic E-state index is 5.91. The lowest BCUT2D eigenvalue weighted by Crippen LogP contribution is -2.22. The smallest absolute Gasteiger partial charge is 0.126 e. The molecule has 2 heterocycles. The molecule has 0 aromatic carbocycles. The molecule has 0 aliphatic rings. The van der Waals surface area contributed by atoms with E-state index < -0.39 is 0 Å². The van der Waals surface area contributed by atoms with E-state index in [2.05, 4.69) is 23.0 Å². The van der Waals surface area contributed by atoms with Gasteiger partial charge in [0.2, 0.25) is 0 Å². The SMILES string of the molecule is CCC(N)Cc1ncnc2sccc12. The summed E-state index contributed by atoms with van der Waals surface area (Å²) in [6.07, 6.45) is 3.44. The molecule has 0 fully saturated rings. The third-order valence-electron chi connectivity index (χ3n) is 2.32. The molecule has 1 atom stereocenters. The van der Waals surface area contributed by atoms with Gasteiger partial charge >= 0.3 is 0 Å². The van der Waals surface area contributed by atoms with E-state index in [1.807, 2.05) is 5.38 Å². The van der Waals surface area contributed by atoms with Gasteiger partial charge in [0.05, 0.1) is 5.69 Å². The van der Waals surface area contributed by atoms with Crippen LogP contribution in [0.3, 0.4) is 0 Å². The van der Waals surface area contributed by atoms with Gasteiger partial charge in [0.1, 0.15) is 11.2 Å². The minimum Gasteiger partial charge on any atom is -0.327 e. The Balaban J connectivity index is 2.36. The van der Waals surface area contributed by atoms with E-state index in [4.69, 9.17) is 5.73 Å². The average molecular weight is 207 g/mol. The molecule has 0 aliphatic heterocycles. The molecule has 0 amide bonds. The number of hydrogen-bond donors (Lipinski definition) is 1. The van der Waals surface area contributed by atoms with Crippen molar-refractivity contribution >= 4 is 21.6 Å². The number of nitrogens with zero attached hydrogens (tertiary/aromatic N) is 2. The van der Waals surface area contributed by atoms with Gasteiger partial charge in [0, 0.05) is 17.8 Å². The van der Waals surface area contributed by atoms with Crippen molar-refractivity contribution in [2.24, 2.45) is 5.73 Å². The van der Waals surface area contributed by atoms with Crippen LogP contribution in [0.25, 0.3) is 10.2 Å². The van der Waals surface area contributed by atoms with E-state index >= 15 is 0 Å². The van der Waals surface area contributed by atoms with Gasteiger partial charge in [0.15, 0.2) is 0 Å². The zero-order valence-electron chi connectivity index (χ0n) is 8.10. The number of thiophene rings is 1. The van der Waals surface area contributed by atoms with Crippen LogP contribution in [0.2, 0.25) is 0 Å². The molecule has 2 aromatic heterocycles. The van der Waals surface area contributed by atoms with Crippen LogP contribution in [0.4, 0.5) is 0 Å². The Kier molecular flexibility index (Phi) is 2.74. The lowest BCUT2D eigenvalue weighted by molar-refractivity contribution is 0.639. The topological polar surface area (TPSA) is 51.8 Å². The molecule has 4 heteroatoms. The average Bonchev–Trinajstić information content (AvgIpc) is 2.66. The van der Waals surface area contributed by atoms with Gasteiger partial charge in [-0.2, -0.15) is 0 Å². The van der Waals surface area contributed by atoms with Gasteiger partial charge in [-0.1, -0.05) is 6.92 Å². The number of aromatic nitrogens is 2. The van der Waals surface area contributed by atoms with Crippen LogP contribution in [0.5, 0.6) is 0 Å². The van der Waals surface area contributed by atoms with Crippen LogP contribution in [0.1, 0.15) is 19.0 Å². The minimum absolute atomic E-state index is 0.202. The van der Waals surface area contributed by atoms with Crippen molar-refractivity contribution in [1.29, 1.82) is 0 Å². The van der Waals surface area contributed by atoms with Crippen LogP contribution in [-0.4, -0.2) is 16.0 Å². The van der Waals surface area contributed by atoms with Crippen molar-refractivity contribution in [3.05, 3.63) is 23.5 Å². The molecule has 2 N–H and O–H groups in total. The second kappa shape index (κ2) is 4.02. The molecule has 14 heavy (non-hydrogen) atoms. The molecule has 0 radical (unpaired) electrons. The predicted octanol–water partition coefficient (Wildman–Crippen LogP) is 1.97. The summed E-state index contributed by atoms with van der Waals surface area (Å²) in [6, 6.07) is 2.27. The summed E-state index contributed by atoms with van der Waals surface area (Å²) in [7, 11) is 0. The summed E-state index contributed by atoms with van der Waals surface area (Å²) < 4.78 is 0. The highest BCUT2D eigenvalue weighted by atomic mass is 32.1. The van der Waals surface area contributed by atoms with E-state index in [1.54, 1.807) is 17.7 Å². The standard InChI is InChI=1S/C10H13N3S/c1-2-7(11)5-9-8-3-4-14-10(8)13-6-12-9/h3-4,6-7H,2,5,11H2,1H3. The molecule has 2 rings (SSSR count). The highest BCUT2D eigenvalue weighted by Crippen LogP contribution is 2.21. The Morgan fingerprint density at radius 2 is 2.36 bits per heavy atom. The number of fused-ring (bicyclic) bond motifs is 1. The molecule has 0 spiro atoms. The Hall–Kier alpha value is -1.00. The first kappa shape index (κ1) is 9.55. The van der Waals surface area contributed by atoms with E-state index in [-0.39, 0.29) is 6.04 Å². The first-order valence-corrected chi connectivity index (χ1v) is 5.62. The van der Waals surface area contributed by atoms with E-state index in [9.17, 15) is 0 Å². The quantitative estimate of drug-likeness (QED) is 0.837. The molecule has 0 saturated carbocycles. The van der Waals surface area contributed by atoms with Gasteiger partial charge in [-0.15, -0.1) is 11.3 Å². The van der Waals surface area contributed by atoms with Gasteiger partial charge in [-0.25, -0.2) is 9.97 Å². The van der Waals surface area contributed by atoms with Crippen LogP contribution >= 0.6 is 11.3 Å². The molecule has 0 bridgehead atoms. The zero-order valence-corrected chi connectivity index (χ0v) is 8.92. The zero-order chi connectivity index (χ0) is 9.97. The summed E-state index contributed by atoms with van der Waals surface area (Å²) in [5.74, 6) is 0.